The minimum atomic E-state index is -1.22. The fourth-order valence-corrected chi connectivity index (χ4v) is 1.79. The first-order chi connectivity index (χ1) is 7.32. The molecule has 0 bridgehead atoms. The van der Waals surface area contributed by atoms with E-state index in [-0.39, 0.29) is 11.8 Å². The van der Waals surface area contributed by atoms with E-state index in [4.69, 9.17) is 10.2 Å². The van der Waals surface area contributed by atoms with Crippen LogP contribution in [0.25, 0.3) is 0 Å². The molecule has 0 radical (unpaired) electrons. The molecule has 3 atom stereocenters. The molecule has 0 aromatic rings. The van der Waals surface area contributed by atoms with Crippen molar-refractivity contribution in [3.8, 4) is 11.8 Å². The summed E-state index contributed by atoms with van der Waals surface area (Å²) in [7, 11) is 0. The van der Waals surface area contributed by atoms with Crippen molar-refractivity contribution >= 4 is 0 Å². The van der Waals surface area contributed by atoms with E-state index >= 15 is 0 Å². The number of aliphatic hydroxyl groups excluding tert-OH is 1. The lowest BCUT2D eigenvalue weighted by atomic mass is 9.95. The highest BCUT2D eigenvalue weighted by molar-refractivity contribution is 5.05. The van der Waals surface area contributed by atoms with E-state index in [1.165, 1.54) is 0 Å². The fourth-order valence-electron chi connectivity index (χ4n) is 1.79. The van der Waals surface area contributed by atoms with Crippen molar-refractivity contribution in [1.82, 2.24) is 0 Å². The highest BCUT2D eigenvalue weighted by atomic mass is 16.5. The van der Waals surface area contributed by atoms with Gasteiger partial charge in [-0.25, -0.2) is 0 Å². The highest BCUT2D eigenvalue weighted by Gasteiger charge is 2.13. The molecule has 3 unspecified atom stereocenters. The van der Waals surface area contributed by atoms with Crippen molar-refractivity contribution in [3.63, 3.8) is 0 Å². The normalized spacial score (nSPS) is 16.8. The summed E-state index contributed by atoms with van der Waals surface area (Å²) in [4.78, 5) is 0. The minimum absolute atomic E-state index is 0.107. The van der Waals surface area contributed by atoms with Gasteiger partial charge >= 0.3 is 0 Å². The quantitative estimate of drug-likeness (QED) is 0.559. The Hall–Kier alpha value is -0.520. The number of aliphatic hydroxyl groups is 2. The Morgan fingerprint density at radius 1 is 0.812 bits per heavy atom. The van der Waals surface area contributed by atoms with E-state index in [0.29, 0.717) is 11.8 Å². The summed E-state index contributed by atoms with van der Waals surface area (Å²) in [6.07, 6.45) is 0.633. The molecule has 0 saturated heterocycles. The molecule has 2 heteroatoms. The Labute approximate surface area is 100 Å². The van der Waals surface area contributed by atoms with Crippen LogP contribution in [0.15, 0.2) is 0 Å². The Morgan fingerprint density at radius 2 is 1.25 bits per heavy atom. The molecule has 2 N–H and O–H groups in total. The molecule has 0 aliphatic carbocycles. The lowest BCUT2D eigenvalue weighted by Crippen LogP contribution is -2.18. The summed E-state index contributed by atoms with van der Waals surface area (Å²) in [6.45, 7) is 10.4. The molecule has 0 heterocycles. The van der Waals surface area contributed by atoms with Gasteiger partial charge in [0.25, 0.3) is 0 Å². The van der Waals surface area contributed by atoms with Crippen molar-refractivity contribution in [2.24, 2.45) is 23.7 Å². The molecule has 0 aromatic heterocycles. The predicted molar refractivity (Wildman–Crippen MR) is 67.6 cm³/mol. The Balaban J connectivity index is 4.03. The number of hydrogen-bond acceptors (Lipinski definition) is 2. The van der Waals surface area contributed by atoms with Crippen molar-refractivity contribution in [1.29, 1.82) is 0 Å². The van der Waals surface area contributed by atoms with Gasteiger partial charge in [-0.2, -0.15) is 0 Å². The standard InChI is InChI=1S/C14H26O2/c1-10(2)8-11(3)6-7-12(4)9-13(5)14(15)16/h10-16H,8-9H2,1-5H3. The minimum Gasteiger partial charge on any atom is -0.368 e. The van der Waals surface area contributed by atoms with Crippen LogP contribution < -0.4 is 0 Å². The SMILES string of the molecule is CC(C)CC(C)C#CC(C)CC(C)C(O)O. The third-order valence-corrected chi connectivity index (χ3v) is 2.64. The van der Waals surface area contributed by atoms with Crippen molar-refractivity contribution < 1.29 is 10.2 Å². The Kier molecular flexibility index (Phi) is 7.45. The lowest BCUT2D eigenvalue weighted by Gasteiger charge is -2.15. The van der Waals surface area contributed by atoms with Gasteiger partial charge in [0.05, 0.1) is 0 Å². The third-order valence-electron chi connectivity index (χ3n) is 2.64. The zero-order chi connectivity index (χ0) is 12.7. The first kappa shape index (κ1) is 15.5. The largest absolute Gasteiger partial charge is 0.368 e. The number of rotatable bonds is 5. The van der Waals surface area contributed by atoms with Crippen molar-refractivity contribution in [2.75, 3.05) is 0 Å². The molecule has 2 nitrogen and oxygen atoms in total. The van der Waals surface area contributed by atoms with Crippen LogP contribution in [0.5, 0.6) is 0 Å². The molecule has 0 aromatic carbocycles. The van der Waals surface area contributed by atoms with Crippen LogP contribution in [0, 0.1) is 35.5 Å². The second-order valence-electron chi connectivity index (χ2n) is 5.35. The number of hydrogen-bond donors (Lipinski definition) is 2. The van der Waals surface area contributed by atoms with Gasteiger partial charge in [0.2, 0.25) is 0 Å². The van der Waals surface area contributed by atoms with Crippen molar-refractivity contribution in [3.05, 3.63) is 0 Å². The second kappa shape index (κ2) is 7.70. The smallest absolute Gasteiger partial charge is 0.154 e. The summed E-state index contributed by atoms with van der Waals surface area (Å²) in [6, 6.07) is 0. The molecule has 16 heavy (non-hydrogen) atoms. The molecule has 94 valence electrons. The predicted octanol–water partition coefficient (Wildman–Crippen LogP) is 2.65. The zero-order valence-electron chi connectivity index (χ0n) is 11.2. The summed E-state index contributed by atoms with van der Waals surface area (Å²) < 4.78 is 0. The summed E-state index contributed by atoms with van der Waals surface area (Å²) in [5, 5.41) is 17.9. The van der Waals surface area contributed by atoms with E-state index in [2.05, 4.69) is 32.6 Å². The van der Waals surface area contributed by atoms with E-state index < -0.39 is 6.29 Å². The molecule has 0 spiro atoms. The fraction of sp³-hybridized carbons (Fsp3) is 0.857. The third kappa shape index (κ3) is 7.73. The monoisotopic (exact) mass is 226 g/mol. The maximum Gasteiger partial charge on any atom is 0.154 e. The van der Waals surface area contributed by atoms with Crippen LogP contribution in [0.3, 0.4) is 0 Å². The summed E-state index contributed by atoms with van der Waals surface area (Å²) >= 11 is 0. The molecular formula is C14H26O2. The van der Waals surface area contributed by atoms with Gasteiger partial charge in [-0.05, 0) is 18.8 Å². The van der Waals surface area contributed by atoms with Crippen LogP contribution in [0.1, 0.15) is 47.5 Å². The van der Waals surface area contributed by atoms with E-state index in [1.807, 2.05) is 13.8 Å². The van der Waals surface area contributed by atoms with Gasteiger partial charge in [-0.1, -0.05) is 46.5 Å². The average Bonchev–Trinajstić information content (AvgIpc) is 2.13. The van der Waals surface area contributed by atoms with Gasteiger partial charge < -0.3 is 10.2 Å². The van der Waals surface area contributed by atoms with Gasteiger partial charge in [0.1, 0.15) is 0 Å². The van der Waals surface area contributed by atoms with Gasteiger partial charge in [0, 0.05) is 17.8 Å². The van der Waals surface area contributed by atoms with E-state index in [0.717, 1.165) is 12.8 Å². The molecule has 0 aliphatic heterocycles. The molecule has 0 amide bonds. The first-order valence-corrected chi connectivity index (χ1v) is 6.20. The highest BCUT2D eigenvalue weighted by Crippen LogP contribution is 2.14. The van der Waals surface area contributed by atoms with Gasteiger partial charge in [0.15, 0.2) is 6.29 Å². The molecule has 0 fully saturated rings. The van der Waals surface area contributed by atoms with Crippen LogP contribution in [-0.4, -0.2) is 16.5 Å². The van der Waals surface area contributed by atoms with Gasteiger partial charge in [-0.3, -0.25) is 0 Å². The molecule has 0 saturated carbocycles. The maximum atomic E-state index is 8.97. The Morgan fingerprint density at radius 3 is 1.62 bits per heavy atom. The van der Waals surface area contributed by atoms with E-state index in [1.54, 1.807) is 0 Å². The van der Waals surface area contributed by atoms with Crippen LogP contribution in [-0.2, 0) is 0 Å². The van der Waals surface area contributed by atoms with Gasteiger partial charge in [-0.15, -0.1) is 0 Å². The molecule has 0 rings (SSSR count). The maximum absolute atomic E-state index is 8.97. The van der Waals surface area contributed by atoms with Crippen LogP contribution >= 0.6 is 0 Å². The van der Waals surface area contributed by atoms with Crippen molar-refractivity contribution in [2.45, 2.75) is 53.8 Å². The topological polar surface area (TPSA) is 40.5 Å². The van der Waals surface area contributed by atoms with Crippen LogP contribution in [0.4, 0.5) is 0 Å². The summed E-state index contributed by atoms with van der Waals surface area (Å²) in [5.41, 5.74) is 0. The van der Waals surface area contributed by atoms with E-state index in [9.17, 15) is 0 Å². The summed E-state index contributed by atoms with van der Waals surface area (Å²) in [5.74, 6) is 7.67. The van der Waals surface area contributed by atoms with Crippen LogP contribution in [0.2, 0.25) is 0 Å². The molecule has 0 aliphatic rings. The Bertz CT molecular complexity index is 235. The lowest BCUT2D eigenvalue weighted by molar-refractivity contribution is -0.0821. The zero-order valence-corrected chi connectivity index (χ0v) is 11.2. The first-order valence-electron chi connectivity index (χ1n) is 6.20. The molecular weight excluding hydrogens is 200 g/mol. The average molecular weight is 226 g/mol. The second-order valence-corrected chi connectivity index (χ2v) is 5.35.